The molecule has 196 valence electrons. The maximum absolute atomic E-state index is 13.9. The molecule has 2 aliphatic rings. The van der Waals surface area contributed by atoms with Crippen molar-refractivity contribution in [2.45, 2.75) is 71.5 Å². The van der Waals surface area contributed by atoms with Gasteiger partial charge in [0.25, 0.3) is 5.91 Å². The van der Waals surface area contributed by atoms with Gasteiger partial charge in [-0.3, -0.25) is 14.5 Å². The highest BCUT2D eigenvalue weighted by molar-refractivity contribution is 6.18. The number of hydrogen-bond acceptors (Lipinski definition) is 3. The van der Waals surface area contributed by atoms with E-state index >= 15 is 0 Å². The zero-order chi connectivity index (χ0) is 26.1. The minimum absolute atomic E-state index is 0.0836. The summed E-state index contributed by atoms with van der Waals surface area (Å²) in [5, 5.41) is 4.29. The van der Waals surface area contributed by atoms with Crippen LogP contribution in [0.2, 0.25) is 0 Å². The molecule has 37 heavy (non-hydrogen) atoms. The predicted molar refractivity (Wildman–Crippen MR) is 152 cm³/mol. The minimum Gasteiger partial charge on any atom is -0.338 e. The van der Waals surface area contributed by atoms with Crippen LogP contribution in [0.15, 0.2) is 54.6 Å². The average Bonchev–Trinajstić information content (AvgIpc) is 2.91. The molecule has 0 spiro atoms. The Bertz CT molecular complexity index is 1210. The molecule has 0 N–H and O–H groups in total. The van der Waals surface area contributed by atoms with Gasteiger partial charge in [-0.25, -0.2) is 0 Å². The number of rotatable bonds is 5. The quantitative estimate of drug-likeness (QED) is 0.407. The fraction of sp³-hybridized carbons (Fsp3) is 0.500. The molecule has 5 heteroatoms. The van der Waals surface area contributed by atoms with Crippen LogP contribution in [-0.2, 0) is 4.79 Å². The molecule has 2 fully saturated rings. The summed E-state index contributed by atoms with van der Waals surface area (Å²) in [4.78, 5) is 33.9. The van der Waals surface area contributed by atoms with Gasteiger partial charge in [-0.2, -0.15) is 0 Å². The number of carbonyl (C=O) groups excluding carboxylic acids is 2. The summed E-state index contributed by atoms with van der Waals surface area (Å²) >= 11 is 0. The van der Waals surface area contributed by atoms with E-state index in [1.165, 1.54) is 0 Å². The molecule has 2 heterocycles. The Morgan fingerprint density at radius 1 is 0.811 bits per heavy atom. The average molecular weight is 500 g/mol. The number of amides is 2. The number of carbonyl (C=O) groups is 2. The van der Waals surface area contributed by atoms with Gasteiger partial charge in [0.1, 0.15) is 0 Å². The molecule has 1 atom stereocenters. The molecule has 0 aromatic heterocycles. The van der Waals surface area contributed by atoms with Crippen LogP contribution in [-0.4, -0.2) is 70.8 Å². The van der Waals surface area contributed by atoms with Crippen LogP contribution in [0.5, 0.6) is 0 Å². The molecule has 1 unspecified atom stereocenters. The fourth-order valence-corrected chi connectivity index (χ4v) is 6.69. The lowest BCUT2D eigenvalue weighted by Crippen LogP contribution is -2.53. The molecule has 0 aliphatic carbocycles. The summed E-state index contributed by atoms with van der Waals surface area (Å²) in [7, 11) is 0. The lowest BCUT2D eigenvalue weighted by Gasteiger charge is -2.43. The second kappa shape index (κ2) is 10.8. The number of likely N-dealkylation sites (tertiary alicyclic amines) is 2. The van der Waals surface area contributed by atoms with Crippen molar-refractivity contribution < 1.29 is 9.59 Å². The van der Waals surface area contributed by atoms with E-state index in [2.05, 4.69) is 72.7 Å². The van der Waals surface area contributed by atoms with Gasteiger partial charge in [0, 0.05) is 37.8 Å². The van der Waals surface area contributed by atoms with Crippen molar-refractivity contribution >= 4 is 33.4 Å². The Hall–Kier alpha value is -2.92. The first-order valence-electron chi connectivity index (χ1n) is 14.1. The summed E-state index contributed by atoms with van der Waals surface area (Å²) in [6, 6.07) is 19.5. The lowest BCUT2D eigenvalue weighted by atomic mass is 9.91. The normalized spacial score (nSPS) is 19.7. The molecular formula is C32H41N3O2. The molecule has 0 radical (unpaired) electrons. The largest absolute Gasteiger partial charge is 0.338 e. The van der Waals surface area contributed by atoms with Crippen molar-refractivity contribution in [2.24, 2.45) is 5.92 Å². The second-order valence-electron chi connectivity index (χ2n) is 11.5. The third kappa shape index (κ3) is 5.11. The zero-order valence-corrected chi connectivity index (χ0v) is 22.8. The van der Waals surface area contributed by atoms with Crippen molar-refractivity contribution in [1.29, 1.82) is 0 Å². The summed E-state index contributed by atoms with van der Waals surface area (Å²) in [6.45, 7) is 11.9. The van der Waals surface area contributed by atoms with Crippen molar-refractivity contribution in [3.05, 3.63) is 60.2 Å². The molecule has 0 bridgehead atoms. The van der Waals surface area contributed by atoms with Gasteiger partial charge in [-0.15, -0.1) is 0 Å². The molecule has 0 saturated carbocycles. The summed E-state index contributed by atoms with van der Waals surface area (Å²) in [6.07, 6.45) is 3.99. The fourth-order valence-electron chi connectivity index (χ4n) is 6.69. The molecule has 2 amide bonds. The highest BCUT2D eigenvalue weighted by Crippen LogP contribution is 2.31. The first-order chi connectivity index (χ1) is 17.8. The van der Waals surface area contributed by atoms with Crippen LogP contribution >= 0.6 is 0 Å². The van der Waals surface area contributed by atoms with Crippen LogP contribution in [0.25, 0.3) is 21.5 Å². The van der Waals surface area contributed by atoms with E-state index in [1.54, 1.807) is 0 Å². The smallest absolute Gasteiger partial charge is 0.255 e. The van der Waals surface area contributed by atoms with Gasteiger partial charge in [0.05, 0.1) is 11.5 Å². The molecular weight excluding hydrogens is 458 g/mol. The number of fused-ring (bicyclic) bond motifs is 2. The Kier molecular flexibility index (Phi) is 7.52. The van der Waals surface area contributed by atoms with Gasteiger partial charge in [-0.1, -0.05) is 48.5 Å². The molecule has 2 saturated heterocycles. The van der Waals surface area contributed by atoms with Crippen LogP contribution in [0.4, 0.5) is 0 Å². The predicted octanol–water partition coefficient (Wildman–Crippen LogP) is 5.96. The number of nitrogens with zero attached hydrogens (tertiary/aromatic N) is 3. The number of hydrogen-bond donors (Lipinski definition) is 0. The van der Waals surface area contributed by atoms with E-state index in [-0.39, 0.29) is 23.9 Å². The third-order valence-electron chi connectivity index (χ3n) is 8.42. The van der Waals surface area contributed by atoms with Gasteiger partial charge >= 0.3 is 0 Å². The van der Waals surface area contributed by atoms with E-state index in [0.717, 1.165) is 79.0 Å². The van der Waals surface area contributed by atoms with Gasteiger partial charge in [0.2, 0.25) is 5.91 Å². The van der Waals surface area contributed by atoms with E-state index in [9.17, 15) is 9.59 Å². The zero-order valence-electron chi connectivity index (χ0n) is 22.8. The molecule has 3 aromatic carbocycles. The summed E-state index contributed by atoms with van der Waals surface area (Å²) in [5.41, 5.74) is 0.832. The molecule has 5 nitrogen and oxygen atoms in total. The second-order valence-corrected chi connectivity index (χ2v) is 11.5. The molecule has 3 aromatic rings. The molecule has 2 aliphatic heterocycles. The van der Waals surface area contributed by atoms with E-state index in [1.807, 2.05) is 24.3 Å². The maximum Gasteiger partial charge on any atom is 0.255 e. The van der Waals surface area contributed by atoms with Crippen molar-refractivity contribution in [1.82, 2.24) is 14.7 Å². The molecule has 5 rings (SSSR count). The highest BCUT2D eigenvalue weighted by atomic mass is 16.2. The topological polar surface area (TPSA) is 43.9 Å². The van der Waals surface area contributed by atoms with Crippen LogP contribution in [0.1, 0.15) is 63.7 Å². The van der Waals surface area contributed by atoms with Gasteiger partial charge in [-0.05, 0) is 87.5 Å². The number of benzene rings is 3. The van der Waals surface area contributed by atoms with E-state index < -0.39 is 0 Å². The third-order valence-corrected chi connectivity index (χ3v) is 8.42. The van der Waals surface area contributed by atoms with Gasteiger partial charge < -0.3 is 9.80 Å². The Balaban J connectivity index is 1.29. The van der Waals surface area contributed by atoms with Crippen LogP contribution in [0, 0.1) is 5.92 Å². The maximum atomic E-state index is 13.9. The summed E-state index contributed by atoms with van der Waals surface area (Å²) < 4.78 is 0. The Morgan fingerprint density at radius 2 is 1.38 bits per heavy atom. The Morgan fingerprint density at radius 3 is 1.95 bits per heavy atom. The van der Waals surface area contributed by atoms with Crippen molar-refractivity contribution in [3.8, 4) is 0 Å². The summed E-state index contributed by atoms with van der Waals surface area (Å²) in [5.74, 6) is 0.535. The SMILES string of the molecule is CC(C)N(C(=O)C1CCCN(C2CCN(C(=O)c3c4ccccc4cc4ccccc34)CC2)C1)C(C)C. The van der Waals surface area contributed by atoms with E-state index in [0.29, 0.717) is 11.9 Å². The van der Waals surface area contributed by atoms with E-state index in [4.69, 9.17) is 0 Å². The standard InChI is InChI=1S/C32H41N3O2/c1-22(2)35(23(3)4)31(36)26-12-9-17-34(21-26)27-15-18-33(19-16-27)32(37)30-28-13-7-5-10-24(28)20-25-11-6-8-14-29(25)30/h5-8,10-11,13-14,20,22-23,26-27H,9,12,15-19,21H2,1-4H3. The van der Waals surface area contributed by atoms with Crippen LogP contribution in [0.3, 0.4) is 0 Å². The first-order valence-corrected chi connectivity index (χ1v) is 14.1. The van der Waals surface area contributed by atoms with Gasteiger partial charge in [0.15, 0.2) is 0 Å². The minimum atomic E-state index is 0.0836. The lowest BCUT2D eigenvalue weighted by molar-refractivity contribution is -0.141. The van der Waals surface area contributed by atoms with Crippen molar-refractivity contribution in [3.63, 3.8) is 0 Å². The number of piperidine rings is 2. The monoisotopic (exact) mass is 499 g/mol. The first kappa shape index (κ1) is 25.7. The highest BCUT2D eigenvalue weighted by Gasteiger charge is 2.35. The Labute approximate surface area is 221 Å². The van der Waals surface area contributed by atoms with Crippen LogP contribution < -0.4 is 0 Å². The van der Waals surface area contributed by atoms with Crippen molar-refractivity contribution in [2.75, 3.05) is 26.2 Å².